The van der Waals surface area contributed by atoms with E-state index < -0.39 is 0 Å². The van der Waals surface area contributed by atoms with Gasteiger partial charge in [-0.2, -0.15) is 5.10 Å². The molecule has 1 unspecified atom stereocenters. The fourth-order valence-corrected chi connectivity index (χ4v) is 2.24. The molecule has 2 aromatic rings. The van der Waals surface area contributed by atoms with Crippen molar-refractivity contribution in [3.8, 4) is 0 Å². The highest BCUT2D eigenvalue weighted by Gasteiger charge is 2.14. The zero-order chi connectivity index (χ0) is 13.1. The predicted octanol–water partition coefficient (Wildman–Crippen LogP) is 1.65. The molecular formula is C12H19N5O. The number of aromatic nitrogens is 4. The van der Waals surface area contributed by atoms with Gasteiger partial charge in [0.1, 0.15) is 12.1 Å². The third-order valence-electron chi connectivity index (χ3n) is 3.44. The molecule has 2 rings (SSSR count). The maximum Gasteiger partial charge on any atom is 0.348 e. The number of nitrogens with one attached hydrogen (secondary N) is 2. The highest BCUT2D eigenvalue weighted by molar-refractivity contribution is 5.48. The molecule has 6 heteroatoms. The molecular weight excluding hydrogens is 230 g/mol. The summed E-state index contributed by atoms with van der Waals surface area (Å²) in [5.74, 6) is 1.37. The van der Waals surface area contributed by atoms with Crippen molar-refractivity contribution in [1.29, 1.82) is 0 Å². The lowest BCUT2D eigenvalue weighted by molar-refractivity contribution is 0.437. The van der Waals surface area contributed by atoms with Crippen LogP contribution in [0.25, 0.3) is 5.65 Å². The van der Waals surface area contributed by atoms with Gasteiger partial charge in [-0.15, -0.1) is 0 Å². The molecule has 0 fully saturated rings. The summed E-state index contributed by atoms with van der Waals surface area (Å²) in [6, 6.07) is 2.12. The number of anilines is 1. The molecule has 2 aromatic heterocycles. The van der Waals surface area contributed by atoms with E-state index in [0.717, 1.165) is 18.7 Å². The van der Waals surface area contributed by atoms with E-state index in [1.54, 1.807) is 6.07 Å². The Bertz CT molecular complexity index is 569. The van der Waals surface area contributed by atoms with E-state index >= 15 is 0 Å². The predicted molar refractivity (Wildman–Crippen MR) is 70.8 cm³/mol. The highest BCUT2D eigenvalue weighted by Crippen LogP contribution is 2.16. The average molecular weight is 249 g/mol. The Balaban J connectivity index is 2.19. The molecule has 0 aliphatic carbocycles. The van der Waals surface area contributed by atoms with Crippen molar-refractivity contribution in [2.24, 2.45) is 5.92 Å². The summed E-state index contributed by atoms with van der Waals surface area (Å²) in [7, 11) is 0. The van der Waals surface area contributed by atoms with Gasteiger partial charge in [0.25, 0.3) is 0 Å². The molecule has 2 heterocycles. The fraction of sp³-hybridized carbons (Fsp3) is 0.583. The second kappa shape index (κ2) is 5.20. The van der Waals surface area contributed by atoms with Crippen LogP contribution in [0.2, 0.25) is 0 Å². The van der Waals surface area contributed by atoms with Gasteiger partial charge in [-0.25, -0.2) is 19.3 Å². The number of rotatable bonds is 5. The number of aromatic amines is 1. The number of hydrogen-bond acceptors (Lipinski definition) is 4. The number of nitrogens with zero attached hydrogens (tertiary/aromatic N) is 3. The summed E-state index contributed by atoms with van der Waals surface area (Å²) in [5, 5.41) is 9.67. The van der Waals surface area contributed by atoms with Crippen molar-refractivity contribution in [3.05, 3.63) is 22.9 Å². The van der Waals surface area contributed by atoms with Crippen molar-refractivity contribution in [3.63, 3.8) is 0 Å². The molecule has 98 valence electrons. The monoisotopic (exact) mass is 249 g/mol. The minimum Gasteiger partial charge on any atom is -0.367 e. The normalized spacial score (nSPS) is 13.1. The topological polar surface area (TPSA) is 75.1 Å². The first kappa shape index (κ1) is 12.6. The molecule has 0 saturated carbocycles. The molecule has 0 spiro atoms. The molecule has 0 bridgehead atoms. The first-order chi connectivity index (χ1) is 8.65. The first-order valence-corrected chi connectivity index (χ1v) is 6.35. The smallest absolute Gasteiger partial charge is 0.348 e. The van der Waals surface area contributed by atoms with E-state index in [0.29, 0.717) is 17.6 Å². The maximum absolute atomic E-state index is 11.3. The quantitative estimate of drug-likeness (QED) is 0.845. The Kier molecular flexibility index (Phi) is 3.64. The van der Waals surface area contributed by atoms with E-state index in [-0.39, 0.29) is 5.69 Å². The van der Waals surface area contributed by atoms with E-state index in [1.807, 2.05) is 0 Å². The fourth-order valence-electron chi connectivity index (χ4n) is 2.24. The van der Waals surface area contributed by atoms with Crippen LogP contribution >= 0.6 is 0 Å². The van der Waals surface area contributed by atoms with E-state index in [2.05, 4.69) is 41.3 Å². The summed E-state index contributed by atoms with van der Waals surface area (Å²) >= 11 is 0. The van der Waals surface area contributed by atoms with Crippen LogP contribution < -0.4 is 11.0 Å². The van der Waals surface area contributed by atoms with Gasteiger partial charge in [0.2, 0.25) is 0 Å². The van der Waals surface area contributed by atoms with Crippen LogP contribution in [0.5, 0.6) is 0 Å². The van der Waals surface area contributed by atoms with Crippen molar-refractivity contribution in [1.82, 2.24) is 19.6 Å². The Labute approximate surface area is 105 Å². The van der Waals surface area contributed by atoms with Crippen LogP contribution in [0.3, 0.4) is 0 Å². The standard InChI is InChI=1S/C12H19N5O/c1-4-9(5-2)8(3)14-10-6-11-15-16-12(18)17(11)7-13-10/h6-9,14H,4-5H2,1-3H3,(H,16,18). The van der Waals surface area contributed by atoms with Gasteiger partial charge in [0.15, 0.2) is 5.65 Å². The zero-order valence-electron chi connectivity index (χ0n) is 11.0. The van der Waals surface area contributed by atoms with E-state index in [1.165, 1.54) is 10.7 Å². The molecule has 18 heavy (non-hydrogen) atoms. The second-order valence-corrected chi connectivity index (χ2v) is 4.54. The summed E-state index contributed by atoms with van der Waals surface area (Å²) in [4.78, 5) is 15.5. The molecule has 0 saturated heterocycles. The minimum absolute atomic E-state index is 0.267. The van der Waals surface area contributed by atoms with Gasteiger partial charge in [0, 0.05) is 12.1 Å². The lowest BCUT2D eigenvalue weighted by Crippen LogP contribution is -2.25. The summed E-state index contributed by atoms with van der Waals surface area (Å²) < 4.78 is 1.38. The van der Waals surface area contributed by atoms with Crippen molar-refractivity contribution < 1.29 is 0 Å². The van der Waals surface area contributed by atoms with Crippen LogP contribution in [-0.4, -0.2) is 25.6 Å². The molecule has 0 radical (unpaired) electrons. The lowest BCUT2D eigenvalue weighted by atomic mass is 9.95. The SMILES string of the molecule is CCC(CC)C(C)Nc1cc2n[nH]c(=O)n2cn1. The Hall–Kier alpha value is -1.85. The zero-order valence-corrected chi connectivity index (χ0v) is 11.0. The molecule has 6 nitrogen and oxygen atoms in total. The largest absolute Gasteiger partial charge is 0.367 e. The molecule has 0 aromatic carbocycles. The van der Waals surface area contributed by atoms with E-state index in [9.17, 15) is 4.79 Å². The van der Waals surface area contributed by atoms with Gasteiger partial charge >= 0.3 is 5.69 Å². The van der Waals surface area contributed by atoms with Crippen molar-refractivity contribution >= 4 is 11.5 Å². The van der Waals surface area contributed by atoms with Crippen LogP contribution in [-0.2, 0) is 0 Å². The third kappa shape index (κ3) is 2.37. The van der Waals surface area contributed by atoms with Gasteiger partial charge in [-0.3, -0.25) is 0 Å². The summed E-state index contributed by atoms with van der Waals surface area (Å²) in [5.41, 5.74) is 0.311. The molecule has 0 aliphatic rings. The molecule has 1 atom stereocenters. The number of fused-ring (bicyclic) bond motifs is 1. The number of hydrogen-bond donors (Lipinski definition) is 2. The Morgan fingerprint density at radius 2 is 2.17 bits per heavy atom. The van der Waals surface area contributed by atoms with Crippen LogP contribution in [0.4, 0.5) is 5.82 Å². The molecule has 2 N–H and O–H groups in total. The van der Waals surface area contributed by atoms with Gasteiger partial charge in [-0.1, -0.05) is 26.7 Å². The Morgan fingerprint density at radius 1 is 1.44 bits per heavy atom. The highest BCUT2D eigenvalue weighted by atomic mass is 16.1. The van der Waals surface area contributed by atoms with Crippen molar-refractivity contribution in [2.45, 2.75) is 39.7 Å². The average Bonchev–Trinajstić information content (AvgIpc) is 2.72. The van der Waals surface area contributed by atoms with Gasteiger partial charge in [-0.05, 0) is 12.8 Å². The molecule has 0 amide bonds. The van der Waals surface area contributed by atoms with Crippen LogP contribution in [0.15, 0.2) is 17.2 Å². The lowest BCUT2D eigenvalue weighted by Gasteiger charge is -2.22. The van der Waals surface area contributed by atoms with Crippen LogP contribution in [0, 0.1) is 5.92 Å². The number of H-pyrrole nitrogens is 1. The van der Waals surface area contributed by atoms with Gasteiger partial charge in [0.05, 0.1) is 0 Å². The Morgan fingerprint density at radius 3 is 2.83 bits per heavy atom. The summed E-state index contributed by atoms with van der Waals surface area (Å²) in [6.07, 6.45) is 3.76. The van der Waals surface area contributed by atoms with Crippen molar-refractivity contribution in [2.75, 3.05) is 5.32 Å². The minimum atomic E-state index is -0.267. The van der Waals surface area contributed by atoms with E-state index in [4.69, 9.17) is 0 Å². The van der Waals surface area contributed by atoms with Gasteiger partial charge < -0.3 is 5.32 Å². The maximum atomic E-state index is 11.3. The van der Waals surface area contributed by atoms with Crippen LogP contribution in [0.1, 0.15) is 33.6 Å². The second-order valence-electron chi connectivity index (χ2n) is 4.54. The third-order valence-corrected chi connectivity index (χ3v) is 3.44. The summed E-state index contributed by atoms with van der Waals surface area (Å²) in [6.45, 7) is 6.53. The molecule has 0 aliphatic heterocycles. The first-order valence-electron chi connectivity index (χ1n) is 6.35.